The van der Waals surface area contributed by atoms with Gasteiger partial charge in [-0.1, -0.05) is 37.8 Å². The van der Waals surface area contributed by atoms with Crippen LogP contribution in [0.25, 0.3) is 0 Å². The second-order valence-corrected chi connectivity index (χ2v) is 6.45. The van der Waals surface area contributed by atoms with E-state index in [4.69, 9.17) is 0 Å². The van der Waals surface area contributed by atoms with Gasteiger partial charge in [-0.3, -0.25) is 4.79 Å². The fraction of sp³-hybridized carbons (Fsp3) is 0.421. The van der Waals surface area contributed by atoms with E-state index in [2.05, 4.69) is 20.6 Å². The highest BCUT2D eigenvalue weighted by Gasteiger charge is 2.13. The van der Waals surface area contributed by atoms with Crippen LogP contribution in [0, 0.1) is 6.92 Å². The summed E-state index contributed by atoms with van der Waals surface area (Å²) >= 11 is 0. The van der Waals surface area contributed by atoms with Gasteiger partial charge < -0.3 is 10.6 Å². The molecule has 1 aromatic carbocycles. The van der Waals surface area contributed by atoms with E-state index >= 15 is 0 Å². The summed E-state index contributed by atoms with van der Waals surface area (Å²) in [5.74, 6) is 0.413. The molecule has 2 N–H and O–H groups in total. The zero-order valence-corrected chi connectivity index (χ0v) is 14.1. The number of amides is 1. The first kappa shape index (κ1) is 16.4. The number of nitrogens with one attached hydrogen (secondary N) is 2. The molecule has 24 heavy (non-hydrogen) atoms. The molecule has 0 unspecified atom stereocenters. The van der Waals surface area contributed by atoms with Crippen LogP contribution in [-0.2, 0) is 0 Å². The number of carbonyl (C=O) groups is 1. The van der Waals surface area contributed by atoms with Crippen molar-refractivity contribution in [2.45, 2.75) is 51.5 Å². The molecule has 5 nitrogen and oxygen atoms in total. The summed E-state index contributed by atoms with van der Waals surface area (Å²) in [5.41, 5.74) is 2.34. The Morgan fingerprint density at radius 3 is 2.46 bits per heavy atom. The van der Waals surface area contributed by atoms with Crippen molar-refractivity contribution in [1.82, 2.24) is 9.97 Å². The van der Waals surface area contributed by atoms with Crippen LogP contribution in [0.1, 0.15) is 54.4 Å². The second kappa shape index (κ2) is 7.90. The van der Waals surface area contributed by atoms with E-state index in [-0.39, 0.29) is 5.91 Å². The number of hydrogen-bond acceptors (Lipinski definition) is 4. The lowest BCUT2D eigenvalue weighted by Crippen LogP contribution is -2.20. The van der Waals surface area contributed by atoms with Gasteiger partial charge in [0.15, 0.2) is 0 Å². The molecule has 0 radical (unpaired) electrons. The Kier molecular flexibility index (Phi) is 5.41. The normalized spacial score (nSPS) is 15.5. The van der Waals surface area contributed by atoms with Crippen LogP contribution >= 0.6 is 0 Å². The quantitative estimate of drug-likeness (QED) is 0.828. The van der Waals surface area contributed by atoms with E-state index in [1.807, 2.05) is 31.2 Å². The highest BCUT2D eigenvalue weighted by Crippen LogP contribution is 2.19. The lowest BCUT2D eigenvalue weighted by atomic mass is 10.1. The lowest BCUT2D eigenvalue weighted by molar-refractivity contribution is 0.102. The minimum Gasteiger partial charge on any atom is -0.351 e. The number of rotatable bonds is 4. The van der Waals surface area contributed by atoms with E-state index in [0.717, 1.165) is 11.3 Å². The Labute approximate surface area is 142 Å². The molecule has 3 rings (SSSR count). The van der Waals surface area contributed by atoms with Crippen LogP contribution in [0.15, 0.2) is 36.7 Å². The smallest absolute Gasteiger partial charge is 0.258 e. The van der Waals surface area contributed by atoms with Gasteiger partial charge in [0.1, 0.15) is 0 Å². The zero-order valence-electron chi connectivity index (χ0n) is 14.1. The Bertz CT molecular complexity index is 676. The number of carbonyl (C=O) groups excluding carboxylic acids is 1. The Morgan fingerprint density at radius 2 is 1.79 bits per heavy atom. The molecule has 0 aliphatic heterocycles. The van der Waals surface area contributed by atoms with Crippen molar-refractivity contribution in [2.24, 2.45) is 0 Å². The maximum atomic E-state index is 12.3. The van der Waals surface area contributed by atoms with Crippen LogP contribution < -0.4 is 10.6 Å². The molecule has 1 aromatic heterocycles. The second-order valence-electron chi connectivity index (χ2n) is 6.45. The summed E-state index contributed by atoms with van der Waals surface area (Å²) in [6.07, 6.45) is 10.6. The molecule has 1 aliphatic rings. The number of aromatic nitrogens is 2. The highest BCUT2D eigenvalue weighted by molar-refractivity contribution is 6.03. The van der Waals surface area contributed by atoms with Gasteiger partial charge >= 0.3 is 0 Å². The Hall–Kier alpha value is -2.43. The van der Waals surface area contributed by atoms with E-state index in [0.29, 0.717) is 17.6 Å². The number of nitrogens with zero attached hydrogens (tertiary/aromatic N) is 2. The van der Waals surface area contributed by atoms with Gasteiger partial charge in [-0.05, 0) is 37.5 Å². The number of hydrogen-bond donors (Lipinski definition) is 2. The molecular weight excluding hydrogens is 300 g/mol. The van der Waals surface area contributed by atoms with Crippen LogP contribution in [0.2, 0.25) is 0 Å². The average molecular weight is 324 g/mol. The van der Waals surface area contributed by atoms with Crippen molar-refractivity contribution < 1.29 is 4.79 Å². The molecule has 1 heterocycles. The Morgan fingerprint density at radius 1 is 1.08 bits per heavy atom. The standard InChI is InChI=1S/C19H24N4O/c1-14-7-6-10-17(11-14)22-18(24)15-12-20-19(21-13-15)23-16-8-4-2-3-5-9-16/h6-7,10-13,16H,2-5,8-9H2,1H3,(H,22,24)(H,20,21,23). The first-order valence-corrected chi connectivity index (χ1v) is 8.67. The van der Waals surface area contributed by atoms with Crippen LogP contribution in [0.3, 0.4) is 0 Å². The first-order chi connectivity index (χ1) is 11.7. The molecule has 1 amide bonds. The third-order valence-electron chi connectivity index (χ3n) is 4.38. The van der Waals surface area contributed by atoms with Gasteiger partial charge in [-0.25, -0.2) is 9.97 Å². The lowest BCUT2D eigenvalue weighted by Gasteiger charge is -2.15. The third-order valence-corrected chi connectivity index (χ3v) is 4.38. The third kappa shape index (κ3) is 4.54. The molecule has 1 fully saturated rings. The molecular formula is C19H24N4O. The zero-order chi connectivity index (χ0) is 16.8. The molecule has 0 spiro atoms. The SMILES string of the molecule is Cc1cccc(NC(=O)c2cnc(NC3CCCCCC3)nc2)c1. The van der Waals surface area contributed by atoms with Gasteiger partial charge in [-0.2, -0.15) is 0 Å². The van der Waals surface area contributed by atoms with E-state index in [1.54, 1.807) is 12.4 Å². The minimum atomic E-state index is -0.193. The molecule has 126 valence electrons. The molecule has 2 aromatic rings. The van der Waals surface area contributed by atoms with Gasteiger partial charge in [0.25, 0.3) is 5.91 Å². The van der Waals surface area contributed by atoms with Gasteiger partial charge in [0.2, 0.25) is 5.95 Å². The van der Waals surface area contributed by atoms with Crippen molar-refractivity contribution in [3.05, 3.63) is 47.8 Å². The summed E-state index contributed by atoms with van der Waals surface area (Å²) in [6.45, 7) is 1.99. The fourth-order valence-electron chi connectivity index (χ4n) is 3.05. The molecule has 0 atom stereocenters. The first-order valence-electron chi connectivity index (χ1n) is 8.67. The maximum absolute atomic E-state index is 12.3. The van der Waals surface area contributed by atoms with E-state index in [1.165, 1.54) is 38.5 Å². The summed E-state index contributed by atoms with van der Waals surface area (Å²) in [6, 6.07) is 8.15. The van der Waals surface area contributed by atoms with Crippen LogP contribution in [-0.4, -0.2) is 21.9 Å². The van der Waals surface area contributed by atoms with Crippen LogP contribution in [0.4, 0.5) is 11.6 Å². The molecule has 1 saturated carbocycles. The van der Waals surface area contributed by atoms with Crippen molar-refractivity contribution in [3.63, 3.8) is 0 Å². The monoisotopic (exact) mass is 324 g/mol. The predicted molar refractivity (Wildman–Crippen MR) is 96.3 cm³/mol. The summed E-state index contributed by atoms with van der Waals surface area (Å²) < 4.78 is 0. The number of aryl methyl sites for hydroxylation is 1. The summed E-state index contributed by atoms with van der Waals surface area (Å²) in [7, 11) is 0. The van der Waals surface area contributed by atoms with Crippen molar-refractivity contribution in [1.29, 1.82) is 0 Å². The Balaban J connectivity index is 1.60. The van der Waals surface area contributed by atoms with E-state index < -0.39 is 0 Å². The average Bonchev–Trinajstić information content (AvgIpc) is 2.84. The molecule has 5 heteroatoms. The number of anilines is 2. The molecule has 1 aliphatic carbocycles. The molecule has 0 bridgehead atoms. The van der Waals surface area contributed by atoms with Crippen molar-refractivity contribution in [3.8, 4) is 0 Å². The topological polar surface area (TPSA) is 66.9 Å². The van der Waals surface area contributed by atoms with Gasteiger partial charge in [0.05, 0.1) is 5.56 Å². The maximum Gasteiger partial charge on any atom is 0.258 e. The largest absolute Gasteiger partial charge is 0.351 e. The van der Waals surface area contributed by atoms with Gasteiger partial charge in [0, 0.05) is 24.1 Å². The van der Waals surface area contributed by atoms with E-state index in [9.17, 15) is 4.79 Å². The van der Waals surface area contributed by atoms with Crippen LogP contribution in [0.5, 0.6) is 0 Å². The van der Waals surface area contributed by atoms with Gasteiger partial charge in [-0.15, -0.1) is 0 Å². The van der Waals surface area contributed by atoms with Crippen molar-refractivity contribution in [2.75, 3.05) is 10.6 Å². The summed E-state index contributed by atoms with van der Waals surface area (Å²) in [5, 5.41) is 6.26. The summed E-state index contributed by atoms with van der Waals surface area (Å²) in [4.78, 5) is 20.9. The minimum absolute atomic E-state index is 0.193. The van der Waals surface area contributed by atoms with Crippen molar-refractivity contribution >= 4 is 17.5 Å². The highest BCUT2D eigenvalue weighted by atomic mass is 16.1. The molecule has 0 saturated heterocycles. The fourth-order valence-corrected chi connectivity index (χ4v) is 3.05. The number of benzene rings is 1. The predicted octanol–water partition coefficient (Wildman–Crippen LogP) is 4.17.